The van der Waals surface area contributed by atoms with E-state index in [1.165, 1.54) is 23.3 Å². The number of hydrogen-bond acceptors (Lipinski definition) is 1. The number of rotatable bonds is 1. The topological polar surface area (TPSA) is 29.1 Å². The van der Waals surface area contributed by atoms with Crippen LogP contribution in [-0.4, -0.2) is 5.91 Å². The lowest BCUT2D eigenvalue weighted by Crippen LogP contribution is -2.03. The molecule has 0 bridgehead atoms. The van der Waals surface area contributed by atoms with Crippen molar-refractivity contribution in [3.63, 3.8) is 0 Å². The molecule has 118 valence electrons. The van der Waals surface area contributed by atoms with E-state index >= 15 is 0 Å². The van der Waals surface area contributed by atoms with Gasteiger partial charge in [-0.2, -0.15) is 0 Å². The number of carbonyl (C=O) groups is 1. The van der Waals surface area contributed by atoms with Crippen molar-refractivity contribution in [2.75, 3.05) is 5.32 Å². The minimum Gasteiger partial charge on any atom is -0.321 e. The van der Waals surface area contributed by atoms with Crippen LogP contribution in [0, 0.1) is 19.7 Å². The van der Waals surface area contributed by atoms with Gasteiger partial charge in [0.25, 0.3) is 5.91 Å². The van der Waals surface area contributed by atoms with Crippen molar-refractivity contribution in [3.05, 3.63) is 76.6 Å². The molecule has 0 saturated heterocycles. The molecule has 0 spiro atoms. The molecule has 4 rings (SSSR count). The number of nitrogens with one attached hydrogen (secondary N) is 1. The zero-order chi connectivity index (χ0) is 16.8. The Morgan fingerprint density at radius 3 is 2.25 bits per heavy atom. The van der Waals surface area contributed by atoms with Crippen molar-refractivity contribution in [1.82, 2.24) is 0 Å². The van der Waals surface area contributed by atoms with E-state index in [9.17, 15) is 9.18 Å². The highest BCUT2D eigenvalue weighted by atomic mass is 19.1. The zero-order valence-electron chi connectivity index (χ0n) is 13.5. The van der Waals surface area contributed by atoms with Crippen molar-refractivity contribution >= 4 is 23.2 Å². The van der Waals surface area contributed by atoms with E-state index in [-0.39, 0.29) is 11.7 Å². The van der Waals surface area contributed by atoms with Gasteiger partial charge in [-0.15, -0.1) is 0 Å². The first-order valence-corrected chi connectivity index (χ1v) is 7.87. The lowest BCUT2D eigenvalue weighted by molar-refractivity contribution is -0.110. The number of benzene rings is 1. The van der Waals surface area contributed by atoms with Crippen LogP contribution in [0.1, 0.15) is 22.3 Å². The maximum absolute atomic E-state index is 13.6. The fourth-order valence-corrected chi connectivity index (χ4v) is 3.44. The first-order chi connectivity index (χ1) is 11.6. The van der Waals surface area contributed by atoms with Crippen LogP contribution in [-0.2, 0) is 4.79 Å². The van der Waals surface area contributed by atoms with Crippen molar-refractivity contribution in [1.29, 1.82) is 0 Å². The average Bonchev–Trinajstić information content (AvgIpc) is 2.85. The Balaban J connectivity index is 1.95. The molecular weight excluding hydrogens is 301 g/mol. The second-order valence-electron chi connectivity index (χ2n) is 6.10. The third kappa shape index (κ3) is 2.13. The Labute approximate surface area is 140 Å². The highest BCUT2D eigenvalue weighted by Crippen LogP contribution is 2.39. The Morgan fingerprint density at radius 1 is 0.917 bits per heavy atom. The summed E-state index contributed by atoms with van der Waals surface area (Å²) in [5.41, 5.74) is 7.41. The van der Waals surface area contributed by atoms with E-state index in [0.29, 0.717) is 16.8 Å². The summed E-state index contributed by atoms with van der Waals surface area (Å²) in [7, 11) is 0. The maximum Gasteiger partial charge on any atom is 0.256 e. The highest BCUT2D eigenvalue weighted by molar-refractivity contribution is 6.35. The summed E-state index contributed by atoms with van der Waals surface area (Å²) in [4.78, 5) is 12.3. The molecule has 2 nitrogen and oxygen atoms in total. The molecule has 1 N–H and O–H groups in total. The summed E-state index contributed by atoms with van der Waals surface area (Å²) in [6.07, 6.45) is 1.88. The van der Waals surface area contributed by atoms with Gasteiger partial charge in [-0.25, -0.2) is 4.39 Å². The van der Waals surface area contributed by atoms with Crippen LogP contribution in [0.3, 0.4) is 0 Å². The quantitative estimate of drug-likeness (QED) is 0.626. The van der Waals surface area contributed by atoms with E-state index in [1.807, 2.05) is 24.3 Å². The molecule has 1 aromatic rings. The van der Waals surface area contributed by atoms with Crippen molar-refractivity contribution in [3.8, 4) is 11.1 Å². The van der Waals surface area contributed by atoms with Gasteiger partial charge in [0.2, 0.25) is 0 Å². The Bertz CT molecular complexity index is 950. The van der Waals surface area contributed by atoms with E-state index in [1.54, 1.807) is 6.07 Å². The Morgan fingerprint density at radius 2 is 1.58 bits per heavy atom. The molecule has 0 radical (unpaired) electrons. The molecule has 2 aliphatic carbocycles. The molecule has 0 atom stereocenters. The predicted octanol–water partition coefficient (Wildman–Crippen LogP) is 5.04. The first-order valence-electron chi connectivity index (χ1n) is 7.87. The molecule has 0 unspecified atom stereocenters. The monoisotopic (exact) mass is 317 g/mol. The van der Waals surface area contributed by atoms with Crippen LogP contribution in [0.4, 0.5) is 10.1 Å². The van der Waals surface area contributed by atoms with Gasteiger partial charge < -0.3 is 5.32 Å². The highest BCUT2D eigenvalue weighted by Gasteiger charge is 2.26. The van der Waals surface area contributed by atoms with Gasteiger partial charge in [-0.05, 0) is 65.9 Å². The fraction of sp³-hybridized carbons (Fsp3) is 0.0952. The largest absolute Gasteiger partial charge is 0.321 e. The molecule has 1 aliphatic heterocycles. The van der Waals surface area contributed by atoms with Gasteiger partial charge in [0.1, 0.15) is 5.82 Å². The molecule has 24 heavy (non-hydrogen) atoms. The SMILES string of the molecule is Cc1c2cccccc-2c(C)c1/C=C1\C(=O)Nc2ccc(F)cc21. The third-order valence-electron chi connectivity index (χ3n) is 4.71. The summed E-state index contributed by atoms with van der Waals surface area (Å²) in [5.74, 6) is -0.533. The second kappa shape index (κ2) is 5.31. The minimum absolute atomic E-state index is 0.190. The number of amides is 1. The van der Waals surface area contributed by atoms with Gasteiger partial charge in [0.15, 0.2) is 0 Å². The van der Waals surface area contributed by atoms with Crippen LogP contribution in [0.5, 0.6) is 0 Å². The van der Waals surface area contributed by atoms with Crippen LogP contribution in [0.15, 0.2) is 48.5 Å². The Kier molecular flexibility index (Phi) is 3.24. The molecule has 3 heteroatoms. The van der Waals surface area contributed by atoms with E-state index in [2.05, 4.69) is 31.3 Å². The number of anilines is 1. The number of fused-ring (bicyclic) bond motifs is 2. The molecule has 0 aromatic heterocycles. The number of carbonyl (C=O) groups excluding carboxylic acids is 1. The number of halogens is 1. The van der Waals surface area contributed by atoms with Crippen molar-refractivity contribution < 1.29 is 9.18 Å². The summed E-state index contributed by atoms with van der Waals surface area (Å²) in [6.45, 7) is 4.11. The Hall–Kier alpha value is -2.94. The van der Waals surface area contributed by atoms with Gasteiger partial charge in [-0.1, -0.05) is 30.3 Å². The molecule has 3 aliphatic rings. The molecule has 0 fully saturated rings. The van der Waals surface area contributed by atoms with Gasteiger partial charge in [-0.3, -0.25) is 4.79 Å². The van der Waals surface area contributed by atoms with Crippen molar-refractivity contribution in [2.24, 2.45) is 0 Å². The van der Waals surface area contributed by atoms with Crippen molar-refractivity contribution in [2.45, 2.75) is 13.8 Å². The standard InChI is InChI=1S/C21H16FNO/c1-12-15-6-4-3-5-7-16(15)13(2)17(12)11-19-18-10-14(22)8-9-20(18)23-21(19)24/h3-11H,1-2H3,(H,23,24)/b19-11-. The van der Waals surface area contributed by atoms with E-state index in [0.717, 1.165) is 16.7 Å². The van der Waals surface area contributed by atoms with Crippen LogP contribution < -0.4 is 5.32 Å². The third-order valence-corrected chi connectivity index (χ3v) is 4.71. The van der Waals surface area contributed by atoms with Crippen LogP contribution >= 0.6 is 0 Å². The minimum atomic E-state index is -0.343. The molecule has 1 aromatic carbocycles. The second-order valence-corrected chi connectivity index (χ2v) is 6.10. The fourth-order valence-electron chi connectivity index (χ4n) is 3.44. The number of hydrogen-bond donors (Lipinski definition) is 1. The van der Waals surface area contributed by atoms with Crippen LogP contribution in [0.2, 0.25) is 0 Å². The average molecular weight is 317 g/mol. The van der Waals surface area contributed by atoms with Gasteiger partial charge in [0.05, 0.1) is 0 Å². The lowest BCUT2D eigenvalue weighted by Gasteiger charge is -2.00. The van der Waals surface area contributed by atoms with Crippen LogP contribution in [0.25, 0.3) is 22.8 Å². The normalized spacial score (nSPS) is 15.0. The molecular formula is C21H16FNO. The summed E-state index contributed by atoms with van der Waals surface area (Å²) in [6, 6.07) is 14.6. The maximum atomic E-state index is 13.6. The molecule has 1 amide bonds. The van der Waals surface area contributed by atoms with Gasteiger partial charge in [0, 0.05) is 16.8 Å². The lowest BCUT2D eigenvalue weighted by atomic mass is 10.0. The van der Waals surface area contributed by atoms with E-state index < -0.39 is 0 Å². The smallest absolute Gasteiger partial charge is 0.256 e. The molecule has 0 saturated carbocycles. The summed E-state index contributed by atoms with van der Waals surface area (Å²) < 4.78 is 13.6. The summed E-state index contributed by atoms with van der Waals surface area (Å²) in [5, 5.41) is 2.80. The summed E-state index contributed by atoms with van der Waals surface area (Å²) >= 11 is 0. The van der Waals surface area contributed by atoms with E-state index in [4.69, 9.17) is 0 Å². The zero-order valence-corrected chi connectivity index (χ0v) is 13.5. The first kappa shape index (κ1) is 14.6. The van der Waals surface area contributed by atoms with Gasteiger partial charge >= 0.3 is 0 Å². The predicted molar refractivity (Wildman–Crippen MR) is 95.4 cm³/mol. The molecule has 1 heterocycles.